The van der Waals surface area contributed by atoms with Crippen LogP contribution in [-0.4, -0.2) is 25.4 Å². The molecule has 0 amide bonds. The summed E-state index contributed by atoms with van der Waals surface area (Å²) in [6.07, 6.45) is 0. The number of ether oxygens (including phenoxy) is 3. The van der Waals surface area contributed by atoms with Gasteiger partial charge in [-0.25, -0.2) is 4.79 Å². The quantitative estimate of drug-likeness (QED) is 0.629. The van der Waals surface area contributed by atoms with Crippen LogP contribution in [0, 0.1) is 0 Å². The van der Waals surface area contributed by atoms with Gasteiger partial charge in [-0.05, 0) is 31.2 Å². The highest BCUT2D eigenvalue weighted by molar-refractivity contribution is 8.00. The van der Waals surface area contributed by atoms with E-state index in [-0.39, 0.29) is 0 Å². The van der Waals surface area contributed by atoms with Crippen molar-refractivity contribution >= 4 is 17.7 Å². The molecule has 2 aromatic rings. The molecule has 3 rings (SSSR count). The molecule has 0 aliphatic carbocycles. The largest absolute Gasteiger partial charge is 0.497 e. The molecule has 2 aromatic carbocycles. The van der Waals surface area contributed by atoms with Gasteiger partial charge in [0.2, 0.25) is 0 Å². The van der Waals surface area contributed by atoms with Gasteiger partial charge >= 0.3 is 5.97 Å². The molecule has 1 atom stereocenters. The lowest BCUT2D eigenvalue weighted by Crippen LogP contribution is -2.19. The molecule has 0 spiro atoms. The summed E-state index contributed by atoms with van der Waals surface area (Å²) in [4.78, 5) is 11.9. The molecule has 1 unspecified atom stereocenters. The predicted octanol–water partition coefficient (Wildman–Crippen LogP) is 3.85. The van der Waals surface area contributed by atoms with Gasteiger partial charge < -0.3 is 14.2 Å². The van der Waals surface area contributed by atoms with E-state index in [0.29, 0.717) is 23.7 Å². The first-order chi connectivity index (χ1) is 11.1. The lowest BCUT2D eigenvalue weighted by Gasteiger charge is -2.25. The number of carbonyl (C=O) groups is 1. The number of hydrogen-bond donors (Lipinski definition) is 0. The second kappa shape index (κ2) is 6.64. The Balaban J connectivity index is 1.94. The third-order valence-electron chi connectivity index (χ3n) is 3.73. The smallest absolute Gasteiger partial charge is 0.343 e. The minimum absolute atomic E-state index is 0.397. The lowest BCUT2D eigenvalue weighted by atomic mass is 10.1. The van der Waals surface area contributed by atoms with E-state index in [9.17, 15) is 4.79 Å². The van der Waals surface area contributed by atoms with Crippen LogP contribution in [0.3, 0.4) is 0 Å². The van der Waals surface area contributed by atoms with E-state index in [1.807, 2.05) is 25.1 Å². The molecule has 4 nitrogen and oxygen atoms in total. The van der Waals surface area contributed by atoms with E-state index in [2.05, 4.69) is 0 Å². The zero-order valence-electron chi connectivity index (χ0n) is 13.1. The number of esters is 1. The fourth-order valence-electron chi connectivity index (χ4n) is 2.49. The van der Waals surface area contributed by atoms with E-state index in [1.54, 1.807) is 49.2 Å². The normalized spacial score (nSPS) is 20.3. The molecule has 23 heavy (non-hydrogen) atoms. The SMILES string of the molecule is COc1ccc(C2(C)OCCS2)c(OC(=O)c2ccccc2)c1. The fraction of sp³-hybridized carbons (Fsp3) is 0.278. The van der Waals surface area contributed by atoms with Gasteiger partial charge in [0.15, 0.2) is 0 Å². The third kappa shape index (κ3) is 3.35. The number of carbonyl (C=O) groups excluding carboxylic acids is 1. The van der Waals surface area contributed by atoms with E-state index >= 15 is 0 Å². The van der Waals surface area contributed by atoms with Crippen molar-refractivity contribution in [1.82, 2.24) is 0 Å². The van der Waals surface area contributed by atoms with Crippen LogP contribution in [0.4, 0.5) is 0 Å². The molecule has 0 N–H and O–H groups in total. The second-order valence-electron chi connectivity index (χ2n) is 5.26. The van der Waals surface area contributed by atoms with Crippen LogP contribution in [0.15, 0.2) is 48.5 Å². The summed E-state index contributed by atoms with van der Waals surface area (Å²) in [5, 5.41) is 0. The van der Waals surface area contributed by atoms with Gasteiger partial charge in [0.25, 0.3) is 0 Å². The van der Waals surface area contributed by atoms with Gasteiger partial charge in [0.05, 0.1) is 19.3 Å². The van der Waals surface area contributed by atoms with Crippen molar-refractivity contribution in [1.29, 1.82) is 0 Å². The van der Waals surface area contributed by atoms with Crippen molar-refractivity contribution in [2.24, 2.45) is 0 Å². The predicted molar refractivity (Wildman–Crippen MR) is 90.2 cm³/mol. The van der Waals surface area contributed by atoms with Gasteiger partial charge in [-0.1, -0.05) is 18.2 Å². The first-order valence-electron chi connectivity index (χ1n) is 7.36. The van der Waals surface area contributed by atoms with Crippen LogP contribution in [-0.2, 0) is 9.67 Å². The molecule has 120 valence electrons. The summed E-state index contributed by atoms with van der Waals surface area (Å²) in [6, 6.07) is 14.4. The number of rotatable bonds is 4. The van der Waals surface area contributed by atoms with E-state index in [4.69, 9.17) is 14.2 Å². The Morgan fingerprint density at radius 3 is 2.65 bits per heavy atom. The Morgan fingerprint density at radius 2 is 2.00 bits per heavy atom. The highest BCUT2D eigenvalue weighted by atomic mass is 32.2. The Labute approximate surface area is 139 Å². The van der Waals surface area contributed by atoms with Crippen LogP contribution < -0.4 is 9.47 Å². The minimum Gasteiger partial charge on any atom is -0.497 e. The molecule has 0 bridgehead atoms. The van der Waals surface area contributed by atoms with Crippen LogP contribution >= 0.6 is 11.8 Å². The Hall–Kier alpha value is -1.98. The second-order valence-corrected chi connectivity index (χ2v) is 6.74. The maximum absolute atomic E-state index is 12.4. The highest BCUT2D eigenvalue weighted by Gasteiger charge is 2.36. The fourth-order valence-corrected chi connectivity index (χ4v) is 3.54. The van der Waals surface area contributed by atoms with Crippen LogP contribution in [0.1, 0.15) is 22.8 Å². The molecular weight excluding hydrogens is 312 g/mol. The van der Waals surface area contributed by atoms with E-state index in [0.717, 1.165) is 11.3 Å². The third-order valence-corrected chi connectivity index (χ3v) is 4.99. The standard InChI is InChI=1S/C18H18O4S/c1-18(21-10-11-23-18)15-9-8-14(20-2)12-16(15)22-17(19)13-6-4-3-5-7-13/h3-9,12H,10-11H2,1-2H3. The summed E-state index contributed by atoms with van der Waals surface area (Å²) >= 11 is 1.69. The number of benzene rings is 2. The Morgan fingerprint density at radius 1 is 1.22 bits per heavy atom. The summed E-state index contributed by atoms with van der Waals surface area (Å²) in [5.74, 6) is 1.62. The number of thioether (sulfide) groups is 1. The summed E-state index contributed by atoms with van der Waals surface area (Å²) in [5.41, 5.74) is 1.34. The Kier molecular flexibility index (Phi) is 4.59. The Bertz CT molecular complexity index is 693. The summed E-state index contributed by atoms with van der Waals surface area (Å²) in [6.45, 7) is 2.67. The van der Waals surface area contributed by atoms with Gasteiger partial charge in [0.1, 0.15) is 16.4 Å². The molecule has 0 saturated carbocycles. The number of methoxy groups -OCH3 is 1. The zero-order valence-corrected chi connectivity index (χ0v) is 13.9. The molecule has 0 radical (unpaired) electrons. The summed E-state index contributed by atoms with van der Waals surface area (Å²) in [7, 11) is 1.58. The monoisotopic (exact) mass is 330 g/mol. The van der Waals surface area contributed by atoms with Crippen molar-refractivity contribution in [3.63, 3.8) is 0 Å². The molecule has 0 aromatic heterocycles. The molecule has 1 heterocycles. The van der Waals surface area contributed by atoms with Gasteiger partial charge in [-0.2, -0.15) is 0 Å². The van der Waals surface area contributed by atoms with Crippen molar-refractivity contribution in [3.05, 3.63) is 59.7 Å². The van der Waals surface area contributed by atoms with E-state index in [1.165, 1.54) is 0 Å². The zero-order chi connectivity index (χ0) is 16.3. The van der Waals surface area contributed by atoms with Crippen LogP contribution in [0.25, 0.3) is 0 Å². The average Bonchev–Trinajstić information content (AvgIpc) is 3.03. The van der Waals surface area contributed by atoms with Gasteiger partial charge in [0, 0.05) is 17.4 Å². The van der Waals surface area contributed by atoms with Crippen molar-refractivity contribution in [2.45, 2.75) is 11.9 Å². The summed E-state index contributed by atoms with van der Waals surface area (Å²) < 4.78 is 16.8. The molecule has 1 aliphatic heterocycles. The number of hydrogen-bond acceptors (Lipinski definition) is 5. The highest BCUT2D eigenvalue weighted by Crippen LogP contribution is 2.46. The minimum atomic E-state index is -0.515. The lowest BCUT2D eigenvalue weighted by molar-refractivity contribution is 0.0589. The first kappa shape index (κ1) is 15.9. The molecule has 1 saturated heterocycles. The molecule has 5 heteroatoms. The van der Waals surface area contributed by atoms with Crippen LogP contribution in [0.5, 0.6) is 11.5 Å². The molecule has 1 fully saturated rings. The van der Waals surface area contributed by atoms with Crippen molar-refractivity contribution < 1.29 is 19.0 Å². The maximum atomic E-state index is 12.4. The van der Waals surface area contributed by atoms with E-state index < -0.39 is 10.9 Å². The van der Waals surface area contributed by atoms with Crippen molar-refractivity contribution in [3.8, 4) is 11.5 Å². The average molecular weight is 330 g/mol. The molecular formula is C18H18O4S. The molecule has 1 aliphatic rings. The van der Waals surface area contributed by atoms with Crippen LogP contribution in [0.2, 0.25) is 0 Å². The topological polar surface area (TPSA) is 44.8 Å². The first-order valence-corrected chi connectivity index (χ1v) is 8.34. The van der Waals surface area contributed by atoms with Gasteiger partial charge in [-0.15, -0.1) is 11.8 Å². The van der Waals surface area contributed by atoms with Gasteiger partial charge in [-0.3, -0.25) is 0 Å². The maximum Gasteiger partial charge on any atom is 0.343 e. The van der Waals surface area contributed by atoms with Crippen molar-refractivity contribution in [2.75, 3.05) is 19.5 Å².